The topological polar surface area (TPSA) is 20.3 Å². The van der Waals surface area contributed by atoms with E-state index in [1.807, 2.05) is 0 Å². The summed E-state index contributed by atoms with van der Waals surface area (Å²) in [4.78, 5) is 16.2. The molecule has 4 aromatic carbocycles. The third-order valence-electron chi connectivity index (χ3n) is 9.17. The van der Waals surface area contributed by atoms with Gasteiger partial charge in [-0.05, 0) is 83.2 Å². The minimum Gasteiger partial charge on any atom is -0.309 e. The first-order valence-corrected chi connectivity index (χ1v) is 13.7. The molecule has 2 aliphatic carbocycles. The van der Waals surface area contributed by atoms with Gasteiger partial charge in [0, 0.05) is 17.6 Å². The molecule has 1 aliphatic heterocycles. The van der Waals surface area contributed by atoms with Gasteiger partial charge in [0.05, 0.1) is 0 Å². The van der Waals surface area contributed by atoms with Crippen molar-refractivity contribution in [2.45, 2.75) is 57.4 Å². The van der Waals surface area contributed by atoms with E-state index < -0.39 is 0 Å². The molecule has 1 saturated carbocycles. The Morgan fingerprint density at radius 2 is 1.58 bits per heavy atom. The zero-order chi connectivity index (χ0) is 24.2. The molecule has 1 heterocycles. The molecule has 3 aliphatic rings. The Kier molecular flexibility index (Phi) is 5.23. The van der Waals surface area contributed by atoms with E-state index in [1.54, 1.807) is 0 Å². The summed E-state index contributed by atoms with van der Waals surface area (Å²) < 4.78 is 0. The van der Waals surface area contributed by atoms with Crippen molar-refractivity contribution < 1.29 is 4.79 Å². The van der Waals surface area contributed by atoms with Crippen LogP contribution in [-0.2, 0) is 11.2 Å². The van der Waals surface area contributed by atoms with Crippen molar-refractivity contribution in [3.8, 4) is 11.1 Å². The van der Waals surface area contributed by atoms with E-state index in [1.165, 1.54) is 64.3 Å². The number of fused-ring (bicyclic) bond motifs is 3. The summed E-state index contributed by atoms with van der Waals surface area (Å²) >= 11 is 0. The van der Waals surface area contributed by atoms with Crippen LogP contribution >= 0.6 is 0 Å². The van der Waals surface area contributed by atoms with E-state index in [-0.39, 0.29) is 5.92 Å². The monoisotopic (exact) mass is 471 g/mol. The SMILES string of the molecule is Cc1ccc(N2C(=O)C3Cc4ccc(-c5cccc6ccccc56)cc4C4CCCCCC2C34)cc1. The predicted molar refractivity (Wildman–Crippen MR) is 148 cm³/mol. The van der Waals surface area contributed by atoms with Crippen LogP contribution in [0.2, 0.25) is 0 Å². The number of anilines is 1. The van der Waals surface area contributed by atoms with Crippen LogP contribution in [0.15, 0.2) is 84.9 Å². The highest BCUT2D eigenvalue weighted by atomic mass is 16.2. The zero-order valence-corrected chi connectivity index (χ0v) is 21.0. The fraction of sp³-hybridized carbons (Fsp3) is 0.324. The molecule has 1 saturated heterocycles. The van der Waals surface area contributed by atoms with Crippen LogP contribution in [0, 0.1) is 18.8 Å². The van der Waals surface area contributed by atoms with Gasteiger partial charge in [-0.2, -0.15) is 0 Å². The smallest absolute Gasteiger partial charge is 0.231 e. The van der Waals surface area contributed by atoms with E-state index in [0.29, 0.717) is 23.8 Å². The highest BCUT2D eigenvalue weighted by Gasteiger charge is 2.53. The molecule has 4 unspecified atom stereocenters. The summed E-state index contributed by atoms with van der Waals surface area (Å²) in [6.07, 6.45) is 6.94. The largest absolute Gasteiger partial charge is 0.309 e. The molecular formula is C34H33NO. The normalized spacial score (nSPS) is 25.2. The van der Waals surface area contributed by atoms with E-state index in [9.17, 15) is 4.79 Å². The molecule has 0 spiro atoms. The van der Waals surface area contributed by atoms with Crippen LogP contribution in [0.5, 0.6) is 0 Å². The summed E-state index contributed by atoms with van der Waals surface area (Å²) in [7, 11) is 0. The molecule has 0 bridgehead atoms. The number of hydrogen-bond acceptors (Lipinski definition) is 1. The van der Waals surface area contributed by atoms with Gasteiger partial charge in [0.2, 0.25) is 5.91 Å². The first-order chi connectivity index (χ1) is 17.7. The van der Waals surface area contributed by atoms with E-state index in [2.05, 4.69) is 96.8 Å². The second-order valence-corrected chi connectivity index (χ2v) is 11.2. The van der Waals surface area contributed by atoms with Gasteiger partial charge in [0.1, 0.15) is 0 Å². The van der Waals surface area contributed by atoms with Crippen molar-refractivity contribution in [1.29, 1.82) is 0 Å². The first-order valence-electron chi connectivity index (χ1n) is 13.7. The Hall–Kier alpha value is -3.39. The van der Waals surface area contributed by atoms with Crippen LogP contribution in [0.4, 0.5) is 5.69 Å². The average molecular weight is 472 g/mol. The maximum Gasteiger partial charge on any atom is 0.231 e. The Balaban J connectivity index is 1.33. The second kappa shape index (κ2) is 8.62. The van der Waals surface area contributed by atoms with Crippen molar-refractivity contribution in [1.82, 2.24) is 0 Å². The van der Waals surface area contributed by atoms with E-state index in [4.69, 9.17) is 0 Å². The zero-order valence-electron chi connectivity index (χ0n) is 21.0. The lowest BCUT2D eigenvalue weighted by Crippen LogP contribution is -2.38. The summed E-state index contributed by atoms with van der Waals surface area (Å²) in [5.41, 5.74) is 7.85. The number of rotatable bonds is 2. The lowest BCUT2D eigenvalue weighted by atomic mass is 9.64. The van der Waals surface area contributed by atoms with Crippen LogP contribution < -0.4 is 4.90 Å². The maximum atomic E-state index is 14.0. The molecule has 2 nitrogen and oxygen atoms in total. The molecule has 0 N–H and O–H groups in total. The average Bonchev–Trinajstić information content (AvgIpc) is 3.17. The second-order valence-electron chi connectivity index (χ2n) is 11.2. The third-order valence-corrected chi connectivity index (χ3v) is 9.17. The fourth-order valence-electron chi connectivity index (χ4n) is 7.52. The molecule has 36 heavy (non-hydrogen) atoms. The lowest BCUT2D eigenvalue weighted by molar-refractivity contribution is -0.121. The summed E-state index contributed by atoms with van der Waals surface area (Å²) in [5.74, 6) is 1.33. The van der Waals surface area contributed by atoms with E-state index >= 15 is 0 Å². The van der Waals surface area contributed by atoms with Crippen molar-refractivity contribution in [3.63, 3.8) is 0 Å². The standard InChI is InChI=1S/C34H33NO/c1-22-14-18-26(19-15-22)35-32-13-4-2-3-11-29-30-20-24(16-17-25(30)21-31(33(29)32)34(35)36)28-12-7-9-23-8-5-6-10-27(23)28/h5-10,12,14-20,29,31-33H,2-4,11,13,21H2,1H3. The van der Waals surface area contributed by atoms with Crippen molar-refractivity contribution >= 4 is 22.4 Å². The highest BCUT2D eigenvalue weighted by Crippen LogP contribution is 2.53. The van der Waals surface area contributed by atoms with Crippen LogP contribution in [-0.4, -0.2) is 11.9 Å². The number of carbonyl (C=O) groups excluding carboxylic acids is 1. The van der Waals surface area contributed by atoms with Gasteiger partial charge >= 0.3 is 0 Å². The van der Waals surface area contributed by atoms with Gasteiger partial charge in [-0.3, -0.25) is 4.79 Å². The van der Waals surface area contributed by atoms with Gasteiger partial charge in [-0.15, -0.1) is 0 Å². The van der Waals surface area contributed by atoms with Crippen molar-refractivity contribution in [2.24, 2.45) is 11.8 Å². The Morgan fingerprint density at radius 3 is 2.47 bits per heavy atom. The number of amides is 1. The summed E-state index contributed by atoms with van der Waals surface area (Å²) in [5, 5.41) is 2.60. The molecule has 2 heteroatoms. The summed E-state index contributed by atoms with van der Waals surface area (Å²) in [6.45, 7) is 2.12. The molecule has 2 fully saturated rings. The molecule has 0 radical (unpaired) electrons. The van der Waals surface area contributed by atoms with Gasteiger partial charge in [-0.25, -0.2) is 0 Å². The third kappa shape index (κ3) is 3.42. The lowest BCUT2D eigenvalue weighted by Gasteiger charge is -2.39. The molecule has 1 amide bonds. The minimum absolute atomic E-state index is 0.107. The van der Waals surface area contributed by atoms with Crippen LogP contribution in [0.25, 0.3) is 21.9 Å². The number of carbonyl (C=O) groups is 1. The number of hydrogen-bond donors (Lipinski definition) is 0. The highest BCUT2D eigenvalue weighted by molar-refractivity contribution is 5.99. The Labute approximate surface area is 214 Å². The molecule has 7 rings (SSSR count). The molecule has 0 aromatic heterocycles. The van der Waals surface area contributed by atoms with Gasteiger partial charge in [-0.1, -0.05) is 97.6 Å². The Bertz CT molecular complexity index is 1450. The summed E-state index contributed by atoms with van der Waals surface area (Å²) in [6, 6.07) is 31.3. The molecule has 180 valence electrons. The first kappa shape index (κ1) is 21.9. The number of nitrogens with zero attached hydrogens (tertiary/aromatic N) is 1. The number of benzene rings is 4. The minimum atomic E-state index is 0.107. The van der Waals surface area contributed by atoms with Gasteiger partial charge < -0.3 is 4.90 Å². The quantitative estimate of drug-likeness (QED) is 0.289. The van der Waals surface area contributed by atoms with Gasteiger partial charge in [0.15, 0.2) is 0 Å². The predicted octanol–water partition coefficient (Wildman–Crippen LogP) is 8.07. The molecule has 4 atom stereocenters. The van der Waals surface area contributed by atoms with Crippen LogP contribution in [0.3, 0.4) is 0 Å². The van der Waals surface area contributed by atoms with E-state index in [0.717, 1.165) is 18.5 Å². The number of aryl methyl sites for hydroxylation is 1. The molecule has 4 aromatic rings. The van der Waals surface area contributed by atoms with Crippen LogP contribution in [0.1, 0.15) is 54.7 Å². The van der Waals surface area contributed by atoms with Crippen molar-refractivity contribution in [2.75, 3.05) is 4.90 Å². The molecular weight excluding hydrogens is 438 g/mol. The van der Waals surface area contributed by atoms with Crippen molar-refractivity contribution in [3.05, 3.63) is 102 Å². The fourth-order valence-corrected chi connectivity index (χ4v) is 7.52. The van der Waals surface area contributed by atoms with Gasteiger partial charge in [0.25, 0.3) is 0 Å². The maximum absolute atomic E-state index is 14.0. The Morgan fingerprint density at radius 1 is 0.778 bits per heavy atom.